The summed E-state index contributed by atoms with van der Waals surface area (Å²) >= 11 is 3.44. The number of nitrogens with zero attached hydrogens (tertiary/aromatic N) is 2. The Bertz CT molecular complexity index is 847. The third-order valence-corrected chi connectivity index (χ3v) is 4.16. The molecule has 1 aromatic heterocycles. The van der Waals surface area contributed by atoms with Crippen LogP contribution in [0.5, 0.6) is 17.2 Å². The standard InChI is InChI=1S/C17H16BrN3O3/c1-22-13-9-15(24-3)14(23-2)8-12(13)17-16(19-21-20-17)10-4-6-11(18)7-5-10/h4-9H,1-3H3,(H,19,20,21). The van der Waals surface area contributed by atoms with Gasteiger partial charge in [-0.2, -0.15) is 15.4 Å². The molecule has 0 amide bonds. The molecule has 0 spiro atoms. The van der Waals surface area contributed by atoms with E-state index >= 15 is 0 Å². The van der Waals surface area contributed by atoms with Crippen molar-refractivity contribution in [1.82, 2.24) is 15.4 Å². The summed E-state index contributed by atoms with van der Waals surface area (Å²) in [6.45, 7) is 0. The summed E-state index contributed by atoms with van der Waals surface area (Å²) in [6, 6.07) is 11.5. The lowest BCUT2D eigenvalue weighted by Gasteiger charge is -2.13. The van der Waals surface area contributed by atoms with E-state index in [4.69, 9.17) is 14.2 Å². The van der Waals surface area contributed by atoms with Crippen LogP contribution in [0.25, 0.3) is 22.5 Å². The quantitative estimate of drug-likeness (QED) is 0.715. The van der Waals surface area contributed by atoms with E-state index in [1.54, 1.807) is 27.4 Å². The fourth-order valence-electron chi connectivity index (χ4n) is 2.44. The topological polar surface area (TPSA) is 69.3 Å². The fraction of sp³-hybridized carbons (Fsp3) is 0.176. The molecule has 6 nitrogen and oxygen atoms in total. The summed E-state index contributed by atoms with van der Waals surface area (Å²) in [5.41, 5.74) is 3.11. The zero-order valence-electron chi connectivity index (χ0n) is 13.5. The smallest absolute Gasteiger partial charge is 0.164 e. The van der Waals surface area contributed by atoms with Gasteiger partial charge in [-0.1, -0.05) is 28.1 Å². The summed E-state index contributed by atoms with van der Waals surface area (Å²) in [6.07, 6.45) is 0. The molecule has 1 N–H and O–H groups in total. The molecule has 24 heavy (non-hydrogen) atoms. The number of ether oxygens (including phenoxy) is 3. The third kappa shape index (κ3) is 2.94. The summed E-state index contributed by atoms with van der Waals surface area (Å²) in [5, 5.41) is 11.3. The maximum Gasteiger partial charge on any atom is 0.164 e. The third-order valence-electron chi connectivity index (χ3n) is 3.63. The highest BCUT2D eigenvalue weighted by Crippen LogP contribution is 2.41. The van der Waals surface area contributed by atoms with Gasteiger partial charge in [-0.25, -0.2) is 0 Å². The van der Waals surface area contributed by atoms with Gasteiger partial charge in [0.05, 0.1) is 26.9 Å². The van der Waals surface area contributed by atoms with Gasteiger partial charge in [0, 0.05) is 16.1 Å². The first-order valence-corrected chi connectivity index (χ1v) is 7.94. The van der Waals surface area contributed by atoms with E-state index in [1.165, 1.54) is 0 Å². The van der Waals surface area contributed by atoms with Crippen molar-refractivity contribution in [2.45, 2.75) is 0 Å². The van der Waals surface area contributed by atoms with Crippen molar-refractivity contribution in [2.75, 3.05) is 21.3 Å². The zero-order valence-corrected chi connectivity index (χ0v) is 15.0. The molecule has 0 aliphatic rings. The van der Waals surface area contributed by atoms with Gasteiger partial charge in [-0.15, -0.1) is 0 Å². The maximum atomic E-state index is 5.50. The van der Waals surface area contributed by atoms with E-state index in [0.29, 0.717) is 22.9 Å². The molecule has 3 rings (SSSR count). The lowest BCUT2D eigenvalue weighted by Crippen LogP contribution is -1.96. The molecule has 0 radical (unpaired) electrons. The van der Waals surface area contributed by atoms with Crippen molar-refractivity contribution >= 4 is 15.9 Å². The summed E-state index contributed by atoms with van der Waals surface area (Å²) in [5.74, 6) is 1.81. The monoisotopic (exact) mass is 389 g/mol. The number of benzene rings is 2. The van der Waals surface area contributed by atoms with Gasteiger partial charge in [0.25, 0.3) is 0 Å². The van der Waals surface area contributed by atoms with Crippen LogP contribution in [-0.4, -0.2) is 36.7 Å². The Morgan fingerprint density at radius 1 is 0.792 bits per heavy atom. The second-order valence-corrected chi connectivity index (χ2v) is 5.85. The van der Waals surface area contributed by atoms with Crippen LogP contribution >= 0.6 is 15.9 Å². The van der Waals surface area contributed by atoms with Gasteiger partial charge < -0.3 is 14.2 Å². The molecular weight excluding hydrogens is 374 g/mol. The highest BCUT2D eigenvalue weighted by Gasteiger charge is 2.19. The predicted octanol–water partition coefficient (Wildman–Crippen LogP) is 3.93. The Balaban J connectivity index is 2.16. The van der Waals surface area contributed by atoms with E-state index in [0.717, 1.165) is 21.3 Å². The Kier molecular flexibility index (Phi) is 4.71. The van der Waals surface area contributed by atoms with Crippen molar-refractivity contribution in [3.63, 3.8) is 0 Å². The molecule has 1 heterocycles. The molecule has 124 valence electrons. The number of hydrogen-bond donors (Lipinski definition) is 1. The van der Waals surface area contributed by atoms with Gasteiger partial charge >= 0.3 is 0 Å². The first-order valence-electron chi connectivity index (χ1n) is 7.15. The lowest BCUT2D eigenvalue weighted by atomic mass is 10.0. The number of rotatable bonds is 5. The number of methoxy groups -OCH3 is 3. The van der Waals surface area contributed by atoms with Crippen LogP contribution in [0, 0.1) is 0 Å². The van der Waals surface area contributed by atoms with Crippen molar-refractivity contribution < 1.29 is 14.2 Å². The lowest BCUT2D eigenvalue weighted by molar-refractivity contribution is 0.349. The van der Waals surface area contributed by atoms with Gasteiger partial charge in [0.1, 0.15) is 17.1 Å². The average Bonchev–Trinajstić information content (AvgIpc) is 3.10. The van der Waals surface area contributed by atoms with Crippen LogP contribution in [0.4, 0.5) is 0 Å². The van der Waals surface area contributed by atoms with E-state index in [1.807, 2.05) is 30.3 Å². The number of H-pyrrole nitrogens is 1. The summed E-state index contributed by atoms with van der Waals surface area (Å²) in [4.78, 5) is 0. The molecule has 0 unspecified atom stereocenters. The number of hydrogen-bond acceptors (Lipinski definition) is 5. The zero-order chi connectivity index (χ0) is 17.1. The van der Waals surface area contributed by atoms with Crippen LogP contribution in [0.2, 0.25) is 0 Å². The second kappa shape index (κ2) is 6.92. The van der Waals surface area contributed by atoms with Gasteiger partial charge in [0.15, 0.2) is 11.5 Å². The van der Waals surface area contributed by atoms with Crippen molar-refractivity contribution in [2.24, 2.45) is 0 Å². The van der Waals surface area contributed by atoms with Crippen molar-refractivity contribution in [1.29, 1.82) is 0 Å². The maximum absolute atomic E-state index is 5.50. The molecule has 0 atom stereocenters. The van der Waals surface area contributed by atoms with Gasteiger partial charge in [-0.05, 0) is 18.2 Å². The normalized spacial score (nSPS) is 10.5. The van der Waals surface area contributed by atoms with Crippen LogP contribution in [0.1, 0.15) is 0 Å². The Morgan fingerprint density at radius 2 is 1.38 bits per heavy atom. The Hall–Kier alpha value is -2.54. The Labute approximate surface area is 147 Å². The minimum Gasteiger partial charge on any atom is -0.496 e. The molecule has 7 heteroatoms. The minimum absolute atomic E-state index is 0.590. The molecule has 0 aliphatic carbocycles. The number of nitrogens with one attached hydrogen (secondary N) is 1. The van der Waals surface area contributed by atoms with Gasteiger partial charge in [0.2, 0.25) is 0 Å². The minimum atomic E-state index is 0.590. The number of aromatic nitrogens is 3. The molecule has 0 saturated carbocycles. The van der Waals surface area contributed by atoms with Crippen LogP contribution in [0.15, 0.2) is 40.9 Å². The first kappa shape index (κ1) is 16.3. The molecule has 0 fully saturated rings. The summed E-state index contributed by atoms with van der Waals surface area (Å²) < 4.78 is 17.2. The molecule has 2 aromatic carbocycles. The molecule has 0 saturated heterocycles. The van der Waals surface area contributed by atoms with E-state index in [-0.39, 0.29) is 0 Å². The van der Waals surface area contributed by atoms with E-state index in [2.05, 4.69) is 31.3 Å². The Morgan fingerprint density at radius 3 is 2.00 bits per heavy atom. The predicted molar refractivity (Wildman–Crippen MR) is 94.6 cm³/mol. The average molecular weight is 390 g/mol. The van der Waals surface area contributed by atoms with Crippen LogP contribution in [-0.2, 0) is 0 Å². The SMILES string of the molecule is COc1cc(OC)c(-c2n[nH]nc2-c2ccc(Br)cc2)cc1OC. The molecule has 0 aliphatic heterocycles. The van der Waals surface area contributed by atoms with Crippen molar-refractivity contribution in [3.05, 3.63) is 40.9 Å². The van der Waals surface area contributed by atoms with E-state index < -0.39 is 0 Å². The van der Waals surface area contributed by atoms with Crippen molar-refractivity contribution in [3.8, 4) is 39.8 Å². The van der Waals surface area contributed by atoms with Crippen LogP contribution in [0.3, 0.4) is 0 Å². The molecular formula is C17H16BrN3O3. The summed E-state index contributed by atoms with van der Waals surface area (Å²) in [7, 11) is 4.77. The number of halogens is 1. The second-order valence-electron chi connectivity index (χ2n) is 4.94. The largest absolute Gasteiger partial charge is 0.496 e. The first-order chi connectivity index (χ1) is 11.7. The molecule has 0 bridgehead atoms. The highest BCUT2D eigenvalue weighted by atomic mass is 79.9. The van der Waals surface area contributed by atoms with Gasteiger partial charge in [-0.3, -0.25) is 0 Å². The highest BCUT2D eigenvalue weighted by molar-refractivity contribution is 9.10. The fourth-order valence-corrected chi connectivity index (χ4v) is 2.71. The van der Waals surface area contributed by atoms with Crippen LogP contribution < -0.4 is 14.2 Å². The molecule has 3 aromatic rings. The van der Waals surface area contributed by atoms with E-state index in [9.17, 15) is 0 Å². The number of aromatic amines is 1.